The van der Waals surface area contributed by atoms with Crippen molar-refractivity contribution in [1.29, 1.82) is 0 Å². The van der Waals surface area contributed by atoms with Crippen molar-refractivity contribution in [2.75, 3.05) is 6.26 Å². The lowest BCUT2D eigenvalue weighted by atomic mass is 9.85. The van der Waals surface area contributed by atoms with Crippen molar-refractivity contribution in [3.8, 4) is 0 Å². The van der Waals surface area contributed by atoms with E-state index < -0.39 is 20.4 Å². The molecule has 98 valence electrons. The van der Waals surface area contributed by atoms with E-state index in [-0.39, 0.29) is 25.0 Å². The Morgan fingerprint density at radius 1 is 1.33 bits per heavy atom. The molecule has 2 rings (SSSR count). The smallest absolute Gasteiger partial charge is 0.166 e. The molecule has 1 heterocycles. The van der Waals surface area contributed by atoms with E-state index in [1.165, 1.54) is 0 Å². The third-order valence-electron chi connectivity index (χ3n) is 3.17. The third-order valence-corrected chi connectivity index (χ3v) is 6.61. The van der Waals surface area contributed by atoms with Gasteiger partial charge in [0, 0.05) is 17.6 Å². The van der Waals surface area contributed by atoms with Crippen LogP contribution in [-0.2, 0) is 24.2 Å². The van der Waals surface area contributed by atoms with Gasteiger partial charge in [-0.1, -0.05) is 11.6 Å². The molecule has 1 atom stereocenters. The maximum absolute atomic E-state index is 12.1. The van der Waals surface area contributed by atoms with Gasteiger partial charge in [0.1, 0.15) is 5.78 Å². The molecule has 0 aromatic carbocycles. The van der Waals surface area contributed by atoms with Gasteiger partial charge in [-0.3, -0.25) is 9.59 Å². The predicted octanol–water partition coefficient (Wildman–Crippen LogP) is 1.96. The molecule has 0 N–H and O–H groups in total. The molecule has 0 saturated heterocycles. The highest BCUT2D eigenvalue weighted by molar-refractivity contribution is 7.92. The summed E-state index contributed by atoms with van der Waals surface area (Å²) in [5.41, 5.74) is 0. The van der Waals surface area contributed by atoms with Gasteiger partial charge >= 0.3 is 0 Å². The number of ketones is 2. The first-order valence-electron chi connectivity index (χ1n) is 5.28. The van der Waals surface area contributed by atoms with Crippen molar-refractivity contribution in [2.24, 2.45) is 0 Å². The van der Waals surface area contributed by atoms with Crippen molar-refractivity contribution >= 4 is 44.3 Å². The standard InChI is InChI=1S/C11H11ClO4S2/c1-18(15,16)11(9-2-3-10(12)17-9)5-4-7(13)6-8(11)14/h2-3H,4-6H2,1H3. The van der Waals surface area contributed by atoms with Crippen molar-refractivity contribution in [1.82, 2.24) is 0 Å². The van der Waals surface area contributed by atoms with Crippen LogP contribution in [0, 0.1) is 0 Å². The zero-order chi connectivity index (χ0) is 13.6. The highest BCUT2D eigenvalue weighted by atomic mass is 35.5. The topological polar surface area (TPSA) is 68.3 Å². The van der Waals surface area contributed by atoms with E-state index >= 15 is 0 Å². The maximum Gasteiger partial charge on any atom is 0.166 e. The quantitative estimate of drug-likeness (QED) is 0.783. The van der Waals surface area contributed by atoms with Crippen molar-refractivity contribution in [2.45, 2.75) is 24.0 Å². The Morgan fingerprint density at radius 2 is 2.00 bits per heavy atom. The number of hydrogen-bond donors (Lipinski definition) is 0. The highest BCUT2D eigenvalue weighted by Gasteiger charge is 2.52. The van der Waals surface area contributed by atoms with E-state index in [0.717, 1.165) is 17.6 Å². The van der Waals surface area contributed by atoms with Crippen LogP contribution < -0.4 is 0 Å². The molecule has 0 spiro atoms. The lowest BCUT2D eigenvalue weighted by molar-refractivity contribution is -0.131. The summed E-state index contributed by atoms with van der Waals surface area (Å²) in [7, 11) is -3.65. The summed E-state index contributed by atoms with van der Waals surface area (Å²) < 4.78 is 23.0. The van der Waals surface area contributed by atoms with E-state index in [0.29, 0.717) is 9.21 Å². The lowest BCUT2D eigenvalue weighted by Crippen LogP contribution is -2.46. The number of rotatable bonds is 2. The van der Waals surface area contributed by atoms with Gasteiger partial charge in [0.2, 0.25) is 0 Å². The Bertz CT molecular complexity index is 617. The van der Waals surface area contributed by atoms with Crippen LogP contribution in [0.1, 0.15) is 24.1 Å². The van der Waals surface area contributed by atoms with E-state index in [4.69, 9.17) is 11.6 Å². The number of Topliss-reactive ketones (excluding diaryl/α,β-unsaturated/α-hetero) is 2. The fraction of sp³-hybridized carbons (Fsp3) is 0.455. The monoisotopic (exact) mass is 306 g/mol. The third kappa shape index (κ3) is 2.02. The second-order valence-corrected chi connectivity index (χ2v) is 8.30. The first-order valence-corrected chi connectivity index (χ1v) is 8.36. The largest absolute Gasteiger partial charge is 0.299 e. The Kier molecular flexibility index (Phi) is 3.38. The Hall–Kier alpha value is -0.720. The average molecular weight is 307 g/mol. The molecule has 1 aromatic heterocycles. The molecular weight excluding hydrogens is 296 g/mol. The van der Waals surface area contributed by atoms with Gasteiger partial charge in [0.25, 0.3) is 0 Å². The second kappa shape index (κ2) is 4.43. The summed E-state index contributed by atoms with van der Waals surface area (Å²) in [6.45, 7) is 0. The van der Waals surface area contributed by atoms with Crippen LogP contribution in [0.2, 0.25) is 4.34 Å². The molecule has 1 saturated carbocycles. The van der Waals surface area contributed by atoms with Gasteiger partial charge < -0.3 is 0 Å². The molecule has 1 aliphatic carbocycles. The summed E-state index contributed by atoms with van der Waals surface area (Å²) in [5, 5.41) is 0. The molecule has 0 bridgehead atoms. The summed E-state index contributed by atoms with van der Waals surface area (Å²) in [6.07, 6.45) is 0.839. The summed E-state index contributed by atoms with van der Waals surface area (Å²) >= 11 is 6.89. The lowest BCUT2D eigenvalue weighted by Gasteiger charge is -2.32. The summed E-state index contributed by atoms with van der Waals surface area (Å²) in [6, 6.07) is 3.12. The molecule has 7 heteroatoms. The fourth-order valence-electron chi connectivity index (χ4n) is 2.23. The molecule has 0 aliphatic heterocycles. The maximum atomic E-state index is 12.1. The Labute approximate surface area is 114 Å². The molecule has 1 fully saturated rings. The van der Waals surface area contributed by atoms with Crippen LogP contribution in [0.3, 0.4) is 0 Å². The van der Waals surface area contributed by atoms with E-state index in [2.05, 4.69) is 0 Å². The van der Waals surface area contributed by atoms with Gasteiger partial charge in [0.15, 0.2) is 20.4 Å². The molecule has 4 nitrogen and oxygen atoms in total. The zero-order valence-corrected chi connectivity index (χ0v) is 12.0. The summed E-state index contributed by atoms with van der Waals surface area (Å²) in [4.78, 5) is 23.8. The van der Waals surface area contributed by atoms with Gasteiger partial charge in [-0.25, -0.2) is 8.42 Å². The average Bonchev–Trinajstić information content (AvgIpc) is 2.63. The first-order chi connectivity index (χ1) is 8.27. The van der Waals surface area contributed by atoms with Crippen molar-refractivity contribution in [3.63, 3.8) is 0 Å². The van der Waals surface area contributed by atoms with Crippen LogP contribution in [0.5, 0.6) is 0 Å². The van der Waals surface area contributed by atoms with Crippen LogP contribution in [0.25, 0.3) is 0 Å². The van der Waals surface area contributed by atoms with Gasteiger partial charge in [-0.15, -0.1) is 11.3 Å². The number of thiophene rings is 1. The molecular formula is C11H11ClO4S2. The SMILES string of the molecule is CS(=O)(=O)C1(c2ccc(Cl)s2)CCC(=O)CC1=O. The number of carbonyl (C=O) groups is 2. The minimum Gasteiger partial charge on any atom is -0.299 e. The summed E-state index contributed by atoms with van der Waals surface area (Å²) in [5.74, 6) is -0.748. The van der Waals surface area contributed by atoms with Crippen LogP contribution in [0.4, 0.5) is 0 Å². The molecule has 18 heavy (non-hydrogen) atoms. The molecule has 1 unspecified atom stereocenters. The number of halogens is 1. The van der Waals surface area contributed by atoms with Crippen LogP contribution in [-0.4, -0.2) is 26.2 Å². The molecule has 1 aliphatic rings. The van der Waals surface area contributed by atoms with Crippen molar-refractivity contribution < 1.29 is 18.0 Å². The highest BCUT2D eigenvalue weighted by Crippen LogP contribution is 2.44. The minimum atomic E-state index is -3.65. The molecule has 0 amide bonds. The number of sulfone groups is 1. The first kappa shape index (κ1) is 13.7. The molecule has 1 aromatic rings. The van der Waals surface area contributed by atoms with Crippen molar-refractivity contribution in [3.05, 3.63) is 21.3 Å². The van der Waals surface area contributed by atoms with Gasteiger partial charge in [-0.05, 0) is 18.6 Å². The van der Waals surface area contributed by atoms with E-state index in [1.807, 2.05) is 0 Å². The Morgan fingerprint density at radius 3 is 2.44 bits per heavy atom. The van der Waals surface area contributed by atoms with Crippen LogP contribution in [0.15, 0.2) is 12.1 Å². The normalized spacial score (nSPS) is 25.4. The van der Waals surface area contributed by atoms with Gasteiger partial charge in [0.05, 0.1) is 10.8 Å². The number of carbonyl (C=O) groups excluding carboxylic acids is 2. The van der Waals surface area contributed by atoms with E-state index in [1.54, 1.807) is 12.1 Å². The minimum absolute atomic E-state index is 0.0142. The zero-order valence-electron chi connectivity index (χ0n) is 9.60. The fourth-order valence-corrected chi connectivity index (χ4v) is 5.38. The van der Waals surface area contributed by atoms with Gasteiger partial charge in [-0.2, -0.15) is 0 Å². The number of hydrogen-bond acceptors (Lipinski definition) is 5. The second-order valence-electron chi connectivity index (χ2n) is 4.34. The molecule has 0 radical (unpaired) electrons. The predicted molar refractivity (Wildman–Crippen MR) is 69.7 cm³/mol. The van der Waals surface area contributed by atoms with E-state index in [9.17, 15) is 18.0 Å². The Balaban J connectivity index is 2.63. The van der Waals surface area contributed by atoms with Crippen LogP contribution >= 0.6 is 22.9 Å².